The topological polar surface area (TPSA) is 30.5 Å². The van der Waals surface area contributed by atoms with Gasteiger partial charge < -0.3 is 14.8 Å². The molecule has 2 atom stereocenters. The van der Waals surface area contributed by atoms with Crippen molar-refractivity contribution in [2.75, 3.05) is 19.8 Å². The molecule has 0 aromatic carbocycles. The van der Waals surface area contributed by atoms with E-state index in [4.69, 9.17) is 9.47 Å². The Morgan fingerprint density at radius 3 is 2.75 bits per heavy atom. The molecule has 0 saturated carbocycles. The maximum atomic E-state index is 5.83. The summed E-state index contributed by atoms with van der Waals surface area (Å²) >= 11 is 0. The van der Waals surface area contributed by atoms with Gasteiger partial charge in [0.2, 0.25) is 0 Å². The number of ether oxygens (including phenoxy) is 2. The molecule has 1 saturated heterocycles. The van der Waals surface area contributed by atoms with E-state index in [2.05, 4.69) is 26.1 Å². The molecular formula is C13H27NO2. The Kier molecular flexibility index (Phi) is 7.01. The lowest BCUT2D eigenvalue weighted by molar-refractivity contribution is -0.0392. The first-order valence-electron chi connectivity index (χ1n) is 6.70. The highest BCUT2D eigenvalue weighted by Gasteiger charge is 2.24. The third-order valence-corrected chi connectivity index (χ3v) is 2.93. The summed E-state index contributed by atoms with van der Waals surface area (Å²) < 4.78 is 11.5. The van der Waals surface area contributed by atoms with Crippen LogP contribution in [0.3, 0.4) is 0 Å². The molecule has 1 fully saturated rings. The molecule has 0 spiro atoms. The Hall–Kier alpha value is -0.120. The third-order valence-electron chi connectivity index (χ3n) is 2.93. The van der Waals surface area contributed by atoms with Gasteiger partial charge in [-0.05, 0) is 46.1 Å². The van der Waals surface area contributed by atoms with Crippen LogP contribution in [-0.4, -0.2) is 38.0 Å². The van der Waals surface area contributed by atoms with Crippen LogP contribution in [0.1, 0.15) is 46.5 Å². The fourth-order valence-electron chi connectivity index (χ4n) is 2.01. The molecule has 0 amide bonds. The van der Waals surface area contributed by atoms with E-state index in [1.807, 2.05) is 0 Å². The second kappa shape index (κ2) is 8.04. The zero-order chi connectivity index (χ0) is 11.8. The van der Waals surface area contributed by atoms with Crippen LogP contribution in [0.15, 0.2) is 0 Å². The normalized spacial score (nSPS) is 23.6. The Morgan fingerprint density at radius 2 is 2.19 bits per heavy atom. The number of nitrogens with one attached hydrogen (secondary N) is 1. The zero-order valence-corrected chi connectivity index (χ0v) is 11.0. The van der Waals surface area contributed by atoms with Gasteiger partial charge in [0.25, 0.3) is 0 Å². The lowest BCUT2D eigenvalue weighted by atomic mass is 10.0. The molecule has 1 rings (SSSR count). The van der Waals surface area contributed by atoms with Gasteiger partial charge >= 0.3 is 0 Å². The number of hydrogen-bond acceptors (Lipinski definition) is 3. The summed E-state index contributed by atoms with van der Waals surface area (Å²) in [7, 11) is 0. The van der Waals surface area contributed by atoms with Crippen LogP contribution in [0.2, 0.25) is 0 Å². The molecule has 1 aliphatic heterocycles. The lowest BCUT2D eigenvalue weighted by Crippen LogP contribution is -2.46. The molecule has 96 valence electrons. The highest BCUT2D eigenvalue weighted by Crippen LogP contribution is 2.16. The van der Waals surface area contributed by atoms with Crippen molar-refractivity contribution in [3.8, 4) is 0 Å². The summed E-state index contributed by atoms with van der Waals surface area (Å²) in [5.41, 5.74) is 0. The van der Waals surface area contributed by atoms with E-state index >= 15 is 0 Å². The van der Waals surface area contributed by atoms with E-state index in [0.29, 0.717) is 18.2 Å². The summed E-state index contributed by atoms with van der Waals surface area (Å²) in [6.45, 7) is 9.08. The number of rotatable bonds is 7. The molecule has 1 heterocycles. The summed E-state index contributed by atoms with van der Waals surface area (Å²) in [5.74, 6) is 0. The van der Waals surface area contributed by atoms with Gasteiger partial charge in [-0.3, -0.25) is 0 Å². The van der Waals surface area contributed by atoms with Crippen LogP contribution in [-0.2, 0) is 9.47 Å². The minimum absolute atomic E-state index is 0.300. The van der Waals surface area contributed by atoms with Crippen LogP contribution >= 0.6 is 0 Å². The maximum absolute atomic E-state index is 5.83. The van der Waals surface area contributed by atoms with Crippen molar-refractivity contribution in [2.24, 2.45) is 0 Å². The standard InChI is InChI=1S/C13H27NO2/c1-4-8-14-12(10-16-11(2)3)13-7-5-6-9-15-13/h11-14H,4-10H2,1-3H3. The fraction of sp³-hybridized carbons (Fsp3) is 1.00. The summed E-state index contributed by atoms with van der Waals surface area (Å²) in [6, 6.07) is 0.364. The van der Waals surface area contributed by atoms with Crippen LogP contribution in [0.5, 0.6) is 0 Å². The molecule has 3 nitrogen and oxygen atoms in total. The van der Waals surface area contributed by atoms with Gasteiger partial charge in [0.1, 0.15) is 0 Å². The number of hydrogen-bond donors (Lipinski definition) is 1. The molecule has 0 aromatic heterocycles. The van der Waals surface area contributed by atoms with Gasteiger partial charge in [0, 0.05) is 6.61 Å². The predicted octanol–water partition coefficient (Wildman–Crippen LogP) is 2.35. The highest BCUT2D eigenvalue weighted by atomic mass is 16.5. The van der Waals surface area contributed by atoms with Gasteiger partial charge in [0.05, 0.1) is 24.9 Å². The molecule has 1 N–H and O–H groups in total. The summed E-state index contributed by atoms with van der Waals surface area (Å²) in [5, 5.41) is 3.54. The average molecular weight is 229 g/mol. The summed E-state index contributed by atoms with van der Waals surface area (Å²) in [6.07, 6.45) is 5.47. The minimum atomic E-state index is 0.300. The van der Waals surface area contributed by atoms with Crippen molar-refractivity contribution in [2.45, 2.75) is 64.7 Å². The fourth-order valence-corrected chi connectivity index (χ4v) is 2.01. The van der Waals surface area contributed by atoms with E-state index < -0.39 is 0 Å². The molecule has 0 aromatic rings. The van der Waals surface area contributed by atoms with Crippen molar-refractivity contribution < 1.29 is 9.47 Å². The van der Waals surface area contributed by atoms with Crippen LogP contribution < -0.4 is 5.32 Å². The minimum Gasteiger partial charge on any atom is -0.377 e. The Balaban J connectivity index is 2.34. The van der Waals surface area contributed by atoms with Crippen LogP contribution in [0, 0.1) is 0 Å². The molecule has 16 heavy (non-hydrogen) atoms. The summed E-state index contributed by atoms with van der Waals surface area (Å²) in [4.78, 5) is 0. The smallest absolute Gasteiger partial charge is 0.0750 e. The van der Waals surface area contributed by atoms with Crippen molar-refractivity contribution >= 4 is 0 Å². The van der Waals surface area contributed by atoms with Gasteiger partial charge in [-0.1, -0.05) is 6.92 Å². The predicted molar refractivity (Wildman–Crippen MR) is 66.8 cm³/mol. The maximum Gasteiger partial charge on any atom is 0.0750 e. The molecular weight excluding hydrogens is 202 g/mol. The van der Waals surface area contributed by atoms with E-state index in [1.165, 1.54) is 19.3 Å². The monoisotopic (exact) mass is 229 g/mol. The molecule has 0 aliphatic carbocycles. The van der Waals surface area contributed by atoms with Crippen LogP contribution in [0.4, 0.5) is 0 Å². The molecule has 2 unspecified atom stereocenters. The Morgan fingerprint density at radius 1 is 1.38 bits per heavy atom. The lowest BCUT2D eigenvalue weighted by Gasteiger charge is -2.31. The average Bonchev–Trinajstić information content (AvgIpc) is 2.30. The van der Waals surface area contributed by atoms with Gasteiger partial charge in [0.15, 0.2) is 0 Å². The zero-order valence-electron chi connectivity index (χ0n) is 11.0. The quantitative estimate of drug-likeness (QED) is 0.727. The SMILES string of the molecule is CCCNC(COC(C)C)C1CCCCO1. The van der Waals surface area contributed by atoms with Crippen LogP contribution in [0.25, 0.3) is 0 Å². The Labute approximate surface area is 99.9 Å². The molecule has 0 radical (unpaired) electrons. The second-order valence-electron chi connectivity index (χ2n) is 4.85. The largest absolute Gasteiger partial charge is 0.377 e. The van der Waals surface area contributed by atoms with Gasteiger partial charge in [-0.25, -0.2) is 0 Å². The van der Waals surface area contributed by atoms with Crippen molar-refractivity contribution in [3.63, 3.8) is 0 Å². The Bertz CT molecular complexity index is 167. The van der Waals surface area contributed by atoms with E-state index in [9.17, 15) is 0 Å². The van der Waals surface area contributed by atoms with Crippen molar-refractivity contribution in [1.29, 1.82) is 0 Å². The third kappa shape index (κ3) is 5.28. The van der Waals surface area contributed by atoms with E-state index in [0.717, 1.165) is 26.2 Å². The first kappa shape index (κ1) is 13.9. The first-order chi connectivity index (χ1) is 7.74. The van der Waals surface area contributed by atoms with E-state index in [-0.39, 0.29) is 0 Å². The van der Waals surface area contributed by atoms with E-state index in [1.54, 1.807) is 0 Å². The highest BCUT2D eigenvalue weighted by molar-refractivity contribution is 4.79. The molecule has 3 heteroatoms. The van der Waals surface area contributed by atoms with Crippen molar-refractivity contribution in [3.05, 3.63) is 0 Å². The van der Waals surface area contributed by atoms with Gasteiger partial charge in [-0.2, -0.15) is 0 Å². The molecule has 0 bridgehead atoms. The molecule has 1 aliphatic rings. The first-order valence-corrected chi connectivity index (χ1v) is 6.70. The van der Waals surface area contributed by atoms with Gasteiger partial charge in [-0.15, -0.1) is 0 Å². The van der Waals surface area contributed by atoms with Crippen molar-refractivity contribution in [1.82, 2.24) is 5.32 Å². The second-order valence-corrected chi connectivity index (χ2v) is 4.85.